The second-order valence-corrected chi connectivity index (χ2v) is 5.18. The quantitative estimate of drug-likeness (QED) is 0.863. The Bertz CT molecular complexity index is 639. The molecule has 124 valence electrons. The number of halogens is 3. The number of rotatable bonds is 1. The lowest BCUT2D eigenvalue weighted by atomic mass is 9.98. The van der Waals surface area contributed by atoms with Gasteiger partial charge in [-0.05, 0) is 38.6 Å². The van der Waals surface area contributed by atoms with Crippen LogP contribution in [0, 0.1) is 0 Å². The first-order valence-corrected chi connectivity index (χ1v) is 7.34. The maximum absolute atomic E-state index is 12.5. The maximum atomic E-state index is 12.5. The van der Waals surface area contributed by atoms with Crippen molar-refractivity contribution in [3.63, 3.8) is 0 Å². The van der Waals surface area contributed by atoms with Crippen molar-refractivity contribution < 1.29 is 17.9 Å². The topological polar surface area (TPSA) is 34.1 Å². The second kappa shape index (κ2) is 7.46. The summed E-state index contributed by atoms with van der Waals surface area (Å²) in [6, 6.07) is 8.14. The summed E-state index contributed by atoms with van der Waals surface area (Å²) in [5.74, 6) is 0.764. The lowest BCUT2D eigenvalue weighted by Crippen LogP contribution is -2.10. The Labute approximate surface area is 133 Å². The van der Waals surface area contributed by atoms with Crippen molar-refractivity contribution in [1.82, 2.24) is 10.3 Å². The van der Waals surface area contributed by atoms with Crippen molar-refractivity contribution >= 4 is 0 Å². The van der Waals surface area contributed by atoms with E-state index in [9.17, 15) is 13.2 Å². The van der Waals surface area contributed by atoms with Gasteiger partial charge in [-0.3, -0.25) is 4.98 Å². The molecule has 1 aliphatic rings. The first-order chi connectivity index (χ1) is 11.0. The first-order valence-electron chi connectivity index (χ1n) is 7.34. The van der Waals surface area contributed by atoms with E-state index in [-0.39, 0.29) is 0 Å². The van der Waals surface area contributed by atoms with E-state index in [4.69, 9.17) is 4.74 Å². The van der Waals surface area contributed by atoms with E-state index < -0.39 is 11.9 Å². The van der Waals surface area contributed by atoms with Gasteiger partial charge in [0.25, 0.3) is 0 Å². The molecule has 0 saturated heterocycles. The van der Waals surface area contributed by atoms with E-state index in [1.54, 1.807) is 0 Å². The molecule has 23 heavy (non-hydrogen) atoms. The molecular formula is C17H19F3N2O. The van der Waals surface area contributed by atoms with E-state index in [1.807, 2.05) is 32.3 Å². The third kappa shape index (κ3) is 4.22. The largest absolute Gasteiger partial charge is 0.493 e. The Morgan fingerprint density at radius 2 is 1.87 bits per heavy atom. The van der Waals surface area contributed by atoms with Crippen molar-refractivity contribution in [3.8, 4) is 16.9 Å². The third-order valence-corrected chi connectivity index (χ3v) is 3.30. The van der Waals surface area contributed by atoms with Gasteiger partial charge >= 0.3 is 6.18 Å². The first kappa shape index (κ1) is 17.3. The minimum atomic E-state index is -4.41. The van der Waals surface area contributed by atoms with Gasteiger partial charge in [-0.2, -0.15) is 13.2 Å². The van der Waals surface area contributed by atoms with Gasteiger partial charge in [-0.15, -0.1) is 0 Å². The van der Waals surface area contributed by atoms with Crippen molar-refractivity contribution in [2.24, 2.45) is 0 Å². The molecule has 3 rings (SSSR count). The summed E-state index contributed by atoms with van der Waals surface area (Å²) in [7, 11) is 3.75. The molecule has 0 unspecified atom stereocenters. The minimum Gasteiger partial charge on any atom is -0.493 e. The number of nitrogens with zero attached hydrogens (tertiary/aromatic N) is 1. The summed E-state index contributed by atoms with van der Waals surface area (Å²) >= 11 is 0. The van der Waals surface area contributed by atoms with E-state index in [1.165, 1.54) is 12.3 Å². The molecule has 0 radical (unpaired) electrons. The van der Waals surface area contributed by atoms with E-state index >= 15 is 0 Å². The molecule has 0 spiro atoms. The molecule has 1 aromatic carbocycles. The van der Waals surface area contributed by atoms with Crippen LogP contribution in [-0.2, 0) is 12.6 Å². The predicted molar refractivity (Wildman–Crippen MR) is 83.5 cm³/mol. The molecule has 0 bridgehead atoms. The smallest absolute Gasteiger partial charge is 0.433 e. The average molecular weight is 324 g/mol. The zero-order chi connectivity index (χ0) is 16.9. The summed E-state index contributed by atoms with van der Waals surface area (Å²) in [6.45, 7) is 0.637. The monoisotopic (exact) mass is 324 g/mol. The summed E-state index contributed by atoms with van der Waals surface area (Å²) in [5.41, 5.74) is 1.64. The van der Waals surface area contributed by atoms with Crippen molar-refractivity contribution in [2.45, 2.75) is 19.0 Å². The van der Waals surface area contributed by atoms with Crippen LogP contribution < -0.4 is 10.1 Å². The van der Waals surface area contributed by atoms with Crippen molar-refractivity contribution in [2.75, 3.05) is 20.7 Å². The fourth-order valence-electron chi connectivity index (χ4n) is 2.34. The molecule has 1 aliphatic heterocycles. The van der Waals surface area contributed by atoms with Gasteiger partial charge < -0.3 is 10.1 Å². The highest BCUT2D eigenvalue weighted by atomic mass is 19.4. The average Bonchev–Trinajstić information content (AvgIpc) is 2.54. The van der Waals surface area contributed by atoms with Crippen LogP contribution in [0.5, 0.6) is 5.75 Å². The zero-order valence-corrected chi connectivity index (χ0v) is 13.1. The standard InChI is InChI=1S/C15H12F3NO.C2H7N/c16-15(17,18)13-7-6-11(9-19-13)12-5-1-3-10-4-2-8-20-14(10)12;1-3-2/h1,3,5-7,9H,2,4,8H2;3H,1-2H3. The van der Waals surface area contributed by atoms with Crippen LogP contribution in [0.1, 0.15) is 17.7 Å². The van der Waals surface area contributed by atoms with Gasteiger partial charge in [0.15, 0.2) is 0 Å². The molecule has 3 nitrogen and oxygen atoms in total. The number of fused-ring (bicyclic) bond motifs is 1. The predicted octanol–water partition coefficient (Wildman–Crippen LogP) is 3.93. The molecule has 0 saturated carbocycles. The fourth-order valence-corrected chi connectivity index (χ4v) is 2.34. The number of benzene rings is 1. The molecule has 0 amide bonds. The van der Waals surface area contributed by atoms with Gasteiger partial charge in [-0.1, -0.05) is 24.3 Å². The Hall–Kier alpha value is -2.08. The number of hydrogen-bond donors (Lipinski definition) is 1. The summed E-state index contributed by atoms with van der Waals surface area (Å²) < 4.78 is 43.2. The number of ether oxygens (including phenoxy) is 1. The van der Waals surface area contributed by atoms with Crippen LogP contribution in [0.4, 0.5) is 13.2 Å². The molecule has 0 fully saturated rings. The Morgan fingerprint density at radius 1 is 1.13 bits per heavy atom. The van der Waals surface area contributed by atoms with Gasteiger partial charge in [-0.25, -0.2) is 0 Å². The van der Waals surface area contributed by atoms with Crippen LogP contribution in [0.25, 0.3) is 11.1 Å². The van der Waals surface area contributed by atoms with E-state index in [0.29, 0.717) is 12.2 Å². The number of hydrogen-bond acceptors (Lipinski definition) is 3. The molecule has 1 aromatic heterocycles. The number of aryl methyl sites for hydroxylation is 1. The fraction of sp³-hybridized carbons (Fsp3) is 0.353. The molecule has 0 atom stereocenters. The van der Waals surface area contributed by atoms with E-state index in [2.05, 4.69) is 10.3 Å². The molecule has 1 N–H and O–H groups in total. The minimum absolute atomic E-state index is 0.636. The van der Waals surface area contributed by atoms with Crippen molar-refractivity contribution in [1.29, 1.82) is 0 Å². The van der Waals surface area contributed by atoms with Crippen molar-refractivity contribution in [3.05, 3.63) is 47.8 Å². The summed E-state index contributed by atoms with van der Waals surface area (Å²) in [4.78, 5) is 3.49. The zero-order valence-electron chi connectivity index (χ0n) is 13.1. The number of aromatic nitrogens is 1. The van der Waals surface area contributed by atoms with Crippen LogP contribution >= 0.6 is 0 Å². The molecular weight excluding hydrogens is 305 g/mol. The number of para-hydroxylation sites is 1. The Morgan fingerprint density at radius 3 is 2.48 bits per heavy atom. The van der Waals surface area contributed by atoms with Gasteiger partial charge in [0, 0.05) is 17.3 Å². The molecule has 6 heteroatoms. The summed E-state index contributed by atoms with van der Waals surface area (Å²) in [5, 5.41) is 2.75. The van der Waals surface area contributed by atoms with E-state index in [0.717, 1.165) is 35.8 Å². The number of alkyl halides is 3. The molecule has 2 heterocycles. The Kier molecular flexibility index (Phi) is 5.60. The Balaban J connectivity index is 0.000000595. The maximum Gasteiger partial charge on any atom is 0.433 e. The number of nitrogens with one attached hydrogen (secondary N) is 1. The number of pyridine rings is 1. The highest BCUT2D eigenvalue weighted by molar-refractivity contribution is 5.72. The molecule has 0 aliphatic carbocycles. The van der Waals surface area contributed by atoms with Crippen LogP contribution in [0.15, 0.2) is 36.5 Å². The van der Waals surface area contributed by atoms with Gasteiger partial charge in [0.1, 0.15) is 11.4 Å². The summed E-state index contributed by atoms with van der Waals surface area (Å²) in [6.07, 6.45) is -1.28. The third-order valence-electron chi connectivity index (χ3n) is 3.30. The van der Waals surface area contributed by atoms with Crippen LogP contribution in [0.2, 0.25) is 0 Å². The van der Waals surface area contributed by atoms with Crippen LogP contribution in [0.3, 0.4) is 0 Å². The normalized spacial score (nSPS) is 13.4. The highest BCUT2D eigenvalue weighted by Gasteiger charge is 2.32. The van der Waals surface area contributed by atoms with Gasteiger partial charge in [0.05, 0.1) is 6.61 Å². The van der Waals surface area contributed by atoms with Crippen LogP contribution in [-0.4, -0.2) is 25.7 Å². The lowest BCUT2D eigenvalue weighted by Gasteiger charge is -2.20. The molecule has 2 aromatic rings. The highest BCUT2D eigenvalue weighted by Crippen LogP contribution is 2.36. The second-order valence-electron chi connectivity index (χ2n) is 5.18. The SMILES string of the molecule is CNC.FC(F)(F)c1ccc(-c2cccc3c2OCCC3)cn1. The lowest BCUT2D eigenvalue weighted by molar-refractivity contribution is -0.141. The van der Waals surface area contributed by atoms with Gasteiger partial charge in [0.2, 0.25) is 0 Å².